The first kappa shape index (κ1) is 20.0. The topological polar surface area (TPSA) is 69.7 Å². The molecule has 2 fully saturated rings. The number of carbonyl (C=O) groups excluding carboxylic acids is 3. The third-order valence-electron chi connectivity index (χ3n) is 5.46. The zero-order chi connectivity index (χ0) is 19.8. The van der Waals surface area contributed by atoms with Gasteiger partial charge in [-0.3, -0.25) is 14.5 Å². The Labute approximate surface area is 168 Å². The van der Waals surface area contributed by atoms with E-state index in [0.717, 1.165) is 30.6 Å². The predicted octanol–water partition coefficient (Wildman–Crippen LogP) is 3.55. The van der Waals surface area contributed by atoms with E-state index in [-0.39, 0.29) is 23.5 Å². The molecule has 8 heteroatoms. The second kappa shape index (κ2) is 7.68. The fourth-order valence-corrected chi connectivity index (χ4v) is 4.50. The average molecular weight is 412 g/mol. The molecule has 2 aliphatic heterocycles. The number of hydrogen-bond donors (Lipinski definition) is 1. The van der Waals surface area contributed by atoms with Crippen molar-refractivity contribution in [3.63, 3.8) is 0 Å². The van der Waals surface area contributed by atoms with Gasteiger partial charge in [0.05, 0.1) is 0 Å². The van der Waals surface area contributed by atoms with Crippen LogP contribution in [0.25, 0.3) is 0 Å². The van der Waals surface area contributed by atoms with Crippen LogP contribution in [0.3, 0.4) is 0 Å². The highest BCUT2D eigenvalue weighted by Gasteiger charge is 2.50. The van der Waals surface area contributed by atoms with Crippen LogP contribution in [0.15, 0.2) is 18.2 Å². The number of benzene rings is 1. The van der Waals surface area contributed by atoms with Gasteiger partial charge in [-0.2, -0.15) is 0 Å². The van der Waals surface area contributed by atoms with Gasteiger partial charge in [-0.1, -0.05) is 36.2 Å². The molecule has 27 heavy (non-hydrogen) atoms. The molecule has 2 heterocycles. The van der Waals surface area contributed by atoms with Crippen LogP contribution in [0.1, 0.15) is 45.1 Å². The van der Waals surface area contributed by atoms with Crippen LogP contribution in [-0.2, 0) is 15.1 Å². The molecular formula is C19H23Cl2N3O3. The highest BCUT2D eigenvalue weighted by Crippen LogP contribution is 2.35. The van der Waals surface area contributed by atoms with Gasteiger partial charge in [0.1, 0.15) is 12.1 Å². The van der Waals surface area contributed by atoms with Crippen LogP contribution in [-0.4, -0.2) is 46.8 Å². The van der Waals surface area contributed by atoms with Crippen molar-refractivity contribution in [2.75, 3.05) is 13.1 Å². The van der Waals surface area contributed by atoms with E-state index in [4.69, 9.17) is 23.2 Å². The molecule has 1 N–H and O–H groups in total. The minimum absolute atomic E-state index is 0.170. The van der Waals surface area contributed by atoms with E-state index in [9.17, 15) is 14.4 Å². The van der Waals surface area contributed by atoms with Gasteiger partial charge < -0.3 is 10.2 Å². The molecule has 0 saturated carbocycles. The fourth-order valence-electron chi connectivity index (χ4n) is 3.90. The number of urea groups is 1. The van der Waals surface area contributed by atoms with Gasteiger partial charge in [0.2, 0.25) is 5.91 Å². The summed E-state index contributed by atoms with van der Waals surface area (Å²) in [6.07, 6.45) is 3.86. The number of likely N-dealkylation sites (tertiary alicyclic amines) is 1. The van der Waals surface area contributed by atoms with Crippen molar-refractivity contribution in [2.45, 2.75) is 51.1 Å². The van der Waals surface area contributed by atoms with E-state index in [2.05, 4.69) is 5.32 Å². The molecule has 2 saturated heterocycles. The summed E-state index contributed by atoms with van der Waals surface area (Å²) in [6.45, 7) is 4.04. The summed E-state index contributed by atoms with van der Waals surface area (Å²) >= 11 is 12.2. The highest BCUT2D eigenvalue weighted by molar-refractivity contribution is 6.35. The minimum Gasteiger partial charge on any atom is -0.338 e. The molecule has 0 aromatic heterocycles. The summed E-state index contributed by atoms with van der Waals surface area (Å²) < 4.78 is 0. The van der Waals surface area contributed by atoms with E-state index < -0.39 is 17.5 Å². The Kier molecular flexibility index (Phi) is 5.68. The Morgan fingerprint density at radius 1 is 1.30 bits per heavy atom. The van der Waals surface area contributed by atoms with Gasteiger partial charge in [0.15, 0.2) is 0 Å². The monoisotopic (exact) mass is 411 g/mol. The Bertz CT molecular complexity index is 785. The SMILES string of the molecule is CC[C@@H]1CCCCN1C(=O)CN1C(=O)N[C@](C)(c2ccc(Cl)cc2Cl)C1=O. The molecule has 1 aromatic rings. The Morgan fingerprint density at radius 2 is 2.04 bits per heavy atom. The molecule has 146 valence electrons. The lowest BCUT2D eigenvalue weighted by molar-refractivity contribution is -0.141. The van der Waals surface area contributed by atoms with Crippen LogP contribution in [0, 0.1) is 0 Å². The smallest absolute Gasteiger partial charge is 0.325 e. The third kappa shape index (κ3) is 3.65. The molecule has 0 aliphatic carbocycles. The van der Waals surface area contributed by atoms with Crippen LogP contribution < -0.4 is 5.32 Å². The van der Waals surface area contributed by atoms with Crippen molar-refractivity contribution in [3.8, 4) is 0 Å². The number of rotatable bonds is 4. The highest BCUT2D eigenvalue weighted by atomic mass is 35.5. The van der Waals surface area contributed by atoms with Crippen LogP contribution in [0.2, 0.25) is 10.0 Å². The number of imide groups is 1. The minimum atomic E-state index is -1.33. The van der Waals surface area contributed by atoms with E-state index in [0.29, 0.717) is 17.1 Å². The molecule has 6 nitrogen and oxygen atoms in total. The number of piperidine rings is 1. The van der Waals surface area contributed by atoms with Crippen molar-refractivity contribution >= 4 is 41.0 Å². The van der Waals surface area contributed by atoms with Gasteiger partial charge in [0.25, 0.3) is 5.91 Å². The van der Waals surface area contributed by atoms with E-state index in [1.54, 1.807) is 24.0 Å². The largest absolute Gasteiger partial charge is 0.338 e. The van der Waals surface area contributed by atoms with Crippen molar-refractivity contribution in [2.24, 2.45) is 0 Å². The lowest BCUT2D eigenvalue weighted by atomic mass is 9.92. The fraction of sp³-hybridized carbons (Fsp3) is 0.526. The standard InChI is InChI=1S/C19H23Cl2N3O3/c1-3-13-6-4-5-9-23(13)16(25)11-24-17(26)19(2,22-18(24)27)14-8-7-12(20)10-15(14)21/h7-8,10,13H,3-6,9,11H2,1-2H3,(H,22,27)/t13-,19-/m1/s1. The summed E-state index contributed by atoms with van der Waals surface area (Å²) in [4.78, 5) is 41.1. The van der Waals surface area contributed by atoms with Crippen LogP contribution in [0.4, 0.5) is 4.79 Å². The Hall–Kier alpha value is -1.79. The van der Waals surface area contributed by atoms with Gasteiger partial charge in [0, 0.05) is 28.2 Å². The molecule has 4 amide bonds. The predicted molar refractivity (Wildman–Crippen MR) is 104 cm³/mol. The van der Waals surface area contributed by atoms with Gasteiger partial charge in [-0.05, 0) is 44.7 Å². The maximum Gasteiger partial charge on any atom is 0.325 e. The maximum absolute atomic E-state index is 13.0. The molecule has 2 atom stereocenters. The second-order valence-electron chi connectivity index (χ2n) is 7.22. The molecular weight excluding hydrogens is 389 g/mol. The van der Waals surface area contributed by atoms with Crippen molar-refractivity contribution in [1.29, 1.82) is 0 Å². The quantitative estimate of drug-likeness (QED) is 0.769. The summed E-state index contributed by atoms with van der Waals surface area (Å²) in [5, 5.41) is 3.40. The first-order chi connectivity index (χ1) is 12.8. The molecule has 0 bridgehead atoms. The number of nitrogens with one attached hydrogen (secondary N) is 1. The number of nitrogens with zero attached hydrogens (tertiary/aromatic N) is 2. The number of hydrogen-bond acceptors (Lipinski definition) is 3. The normalized spacial score (nSPS) is 25.7. The average Bonchev–Trinajstić information content (AvgIpc) is 2.85. The molecule has 0 spiro atoms. The first-order valence-corrected chi connectivity index (χ1v) is 9.92. The summed E-state index contributed by atoms with van der Waals surface area (Å²) in [6, 6.07) is 4.33. The number of amides is 4. The molecule has 3 rings (SSSR count). The lowest BCUT2D eigenvalue weighted by Crippen LogP contribution is -2.49. The van der Waals surface area contributed by atoms with E-state index >= 15 is 0 Å². The van der Waals surface area contributed by atoms with Crippen molar-refractivity contribution in [1.82, 2.24) is 15.1 Å². The molecule has 1 aromatic carbocycles. The van der Waals surface area contributed by atoms with Crippen LogP contribution >= 0.6 is 23.2 Å². The number of halogens is 2. The van der Waals surface area contributed by atoms with Gasteiger partial charge >= 0.3 is 6.03 Å². The molecule has 2 aliphatic rings. The van der Waals surface area contributed by atoms with E-state index in [1.165, 1.54) is 6.07 Å². The summed E-state index contributed by atoms with van der Waals surface area (Å²) in [5.41, 5.74) is -0.878. The second-order valence-corrected chi connectivity index (χ2v) is 8.06. The van der Waals surface area contributed by atoms with Crippen molar-refractivity contribution < 1.29 is 14.4 Å². The zero-order valence-electron chi connectivity index (χ0n) is 15.4. The van der Waals surface area contributed by atoms with Gasteiger partial charge in [-0.25, -0.2) is 4.79 Å². The lowest BCUT2D eigenvalue weighted by Gasteiger charge is -2.36. The summed E-state index contributed by atoms with van der Waals surface area (Å²) in [5.74, 6) is -0.688. The third-order valence-corrected chi connectivity index (χ3v) is 6.00. The molecule has 0 radical (unpaired) electrons. The van der Waals surface area contributed by atoms with E-state index in [1.807, 2.05) is 6.92 Å². The first-order valence-electron chi connectivity index (χ1n) is 9.17. The van der Waals surface area contributed by atoms with Crippen LogP contribution in [0.5, 0.6) is 0 Å². The zero-order valence-corrected chi connectivity index (χ0v) is 16.9. The molecule has 0 unspecified atom stereocenters. The van der Waals surface area contributed by atoms with Crippen molar-refractivity contribution in [3.05, 3.63) is 33.8 Å². The Balaban J connectivity index is 1.80. The van der Waals surface area contributed by atoms with Gasteiger partial charge in [-0.15, -0.1) is 0 Å². The summed E-state index contributed by atoms with van der Waals surface area (Å²) in [7, 11) is 0. The number of carbonyl (C=O) groups is 3. The maximum atomic E-state index is 13.0. The Morgan fingerprint density at radius 3 is 2.70 bits per heavy atom.